The van der Waals surface area contributed by atoms with E-state index in [-0.39, 0.29) is 0 Å². The topological polar surface area (TPSA) is 29.3 Å². The summed E-state index contributed by atoms with van der Waals surface area (Å²) in [6, 6.07) is 6.30. The number of nitrogens with two attached hydrogens (primary N) is 1. The third kappa shape index (κ3) is 3.85. The molecule has 1 aromatic rings. The van der Waals surface area contributed by atoms with Crippen molar-refractivity contribution in [2.45, 2.75) is 33.7 Å². The van der Waals surface area contributed by atoms with Crippen LogP contribution in [-0.2, 0) is 0 Å². The lowest BCUT2D eigenvalue weighted by Crippen LogP contribution is -2.34. The molecule has 1 rings (SSSR count). The van der Waals surface area contributed by atoms with Crippen LogP contribution < -0.4 is 10.6 Å². The van der Waals surface area contributed by atoms with Crippen LogP contribution in [-0.4, -0.2) is 17.6 Å². The fraction of sp³-hybridized carbons (Fsp3) is 0.500. The summed E-state index contributed by atoms with van der Waals surface area (Å²) >= 11 is 11.2. The normalized spacial score (nSPS) is 11.1. The molecule has 0 bridgehead atoms. The van der Waals surface area contributed by atoms with Crippen molar-refractivity contribution in [1.82, 2.24) is 0 Å². The lowest BCUT2D eigenvalue weighted by molar-refractivity contribution is 0.571. The van der Waals surface area contributed by atoms with Crippen molar-refractivity contribution in [2.24, 2.45) is 11.7 Å². The first-order valence-electron chi connectivity index (χ1n) is 6.19. The van der Waals surface area contributed by atoms with Crippen molar-refractivity contribution in [3.05, 3.63) is 28.8 Å². The van der Waals surface area contributed by atoms with Crippen molar-refractivity contribution in [2.75, 3.05) is 11.4 Å². The predicted molar refractivity (Wildman–Crippen MR) is 84.7 cm³/mol. The number of halogens is 1. The lowest BCUT2D eigenvalue weighted by Gasteiger charge is -2.31. The molecule has 0 heterocycles. The molecule has 4 heteroatoms. The smallest absolute Gasteiger partial charge is 0.105 e. The average molecular weight is 285 g/mol. The van der Waals surface area contributed by atoms with Crippen molar-refractivity contribution >= 4 is 34.5 Å². The lowest BCUT2D eigenvalue weighted by atomic mass is 10.1. The van der Waals surface area contributed by atoms with Crippen LogP contribution in [0.1, 0.15) is 33.3 Å². The molecule has 0 unspecified atom stereocenters. The molecule has 18 heavy (non-hydrogen) atoms. The van der Waals surface area contributed by atoms with Gasteiger partial charge in [-0.2, -0.15) is 0 Å². The van der Waals surface area contributed by atoms with Crippen molar-refractivity contribution < 1.29 is 0 Å². The first-order valence-corrected chi connectivity index (χ1v) is 6.97. The van der Waals surface area contributed by atoms with Crippen LogP contribution in [0.4, 0.5) is 5.69 Å². The SMILES string of the molecule is CC(C)CN(c1ccc(C(N)=S)c(Cl)c1)C(C)C. The molecule has 2 N–H and O–H groups in total. The largest absolute Gasteiger partial charge is 0.389 e. The third-order valence-electron chi connectivity index (χ3n) is 2.73. The quantitative estimate of drug-likeness (QED) is 0.833. The predicted octanol–water partition coefficient (Wildman–Crippen LogP) is 3.85. The second-order valence-corrected chi connectivity index (χ2v) is 6.02. The Labute approximate surface area is 120 Å². The van der Waals surface area contributed by atoms with E-state index in [0.717, 1.165) is 17.8 Å². The highest BCUT2D eigenvalue weighted by molar-refractivity contribution is 7.80. The molecule has 0 amide bonds. The van der Waals surface area contributed by atoms with Crippen LogP contribution in [0.3, 0.4) is 0 Å². The van der Waals surface area contributed by atoms with Gasteiger partial charge in [0.2, 0.25) is 0 Å². The van der Waals surface area contributed by atoms with Gasteiger partial charge < -0.3 is 10.6 Å². The maximum atomic E-state index is 6.22. The van der Waals surface area contributed by atoms with E-state index in [1.165, 1.54) is 0 Å². The maximum Gasteiger partial charge on any atom is 0.105 e. The molecular weight excluding hydrogens is 264 g/mol. The zero-order valence-electron chi connectivity index (χ0n) is 11.4. The number of hydrogen-bond acceptors (Lipinski definition) is 2. The van der Waals surface area contributed by atoms with E-state index < -0.39 is 0 Å². The van der Waals surface area contributed by atoms with Gasteiger partial charge in [-0.25, -0.2) is 0 Å². The van der Waals surface area contributed by atoms with Gasteiger partial charge in [0.1, 0.15) is 4.99 Å². The number of benzene rings is 1. The molecule has 0 saturated carbocycles. The minimum atomic E-state index is 0.339. The molecule has 0 spiro atoms. The second kappa shape index (κ2) is 6.39. The molecule has 1 aromatic carbocycles. The molecule has 0 aliphatic heterocycles. The maximum absolute atomic E-state index is 6.22. The molecule has 0 aliphatic rings. The number of thiocarbonyl (C=S) groups is 1. The van der Waals surface area contributed by atoms with E-state index in [9.17, 15) is 0 Å². The number of hydrogen-bond donors (Lipinski definition) is 1. The Morgan fingerprint density at radius 3 is 2.33 bits per heavy atom. The minimum Gasteiger partial charge on any atom is -0.389 e. The molecule has 2 nitrogen and oxygen atoms in total. The van der Waals surface area contributed by atoms with Crippen molar-refractivity contribution in [1.29, 1.82) is 0 Å². The van der Waals surface area contributed by atoms with E-state index in [4.69, 9.17) is 29.6 Å². The van der Waals surface area contributed by atoms with Crippen molar-refractivity contribution in [3.8, 4) is 0 Å². The second-order valence-electron chi connectivity index (χ2n) is 5.17. The van der Waals surface area contributed by atoms with Gasteiger partial charge in [0.15, 0.2) is 0 Å². The Morgan fingerprint density at radius 1 is 1.33 bits per heavy atom. The molecule has 0 aromatic heterocycles. The van der Waals surface area contributed by atoms with Crippen LogP contribution in [0.2, 0.25) is 5.02 Å². The number of anilines is 1. The zero-order chi connectivity index (χ0) is 13.9. The highest BCUT2D eigenvalue weighted by Gasteiger charge is 2.14. The van der Waals surface area contributed by atoms with Crippen LogP contribution in [0.25, 0.3) is 0 Å². The number of nitrogens with zero attached hydrogens (tertiary/aromatic N) is 1. The van der Waals surface area contributed by atoms with Gasteiger partial charge in [-0.3, -0.25) is 0 Å². The summed E-state index contributed by atoms with van der Waals surface area (Å²) in [6.07, 6.45) is 0. The monoisotopic (exact) mass is 284 g/mol. The summed E-state index contributed by atoms with van der Waals surface area (Å²) in [5.74, 6) is 0.599. The van der Waals surface area contributed by atoms with E-state index in [2.05, 4.69) is 32.6 Å². The van der Waals surface area contributed by atoms with Gasteiger partial charge in [0, 0.05) is 23.8 Å². The Morgan fingerprint density at radius 2 is 1.94 bits per heavy atom. The summed E-state index contributed by atoms with van der Waals surface area (Å²) in [7, 11) is 0. The summed E-state index contributed by atoms with van der Waals surface area (Å²) in [4.78, 5) is 2.67. The molecule has 0 fully saturated rings. The highest BCUT2D eigenvalue weighted by Crippen LogP contribution is 2.25. The first-order chi connectivity index (χ1) is 8.32. The molecular formula is C14H21ClN2S. The van der Waals surface area contributed by atoms with Crippen LogP contribution >= 0.6 is 23.8 Å². The van der Waals surface area contributed by atoms with Gasteiger partial charge in [-0.1, -0.05) is 37.7 Å². The third-order valence-corrected chi connectivity index (χ3v) is 3.27. The standard InChI is InChI=1S/C14H21ClN2S/c1-9(2)8-17(10(3)4)11-5-6-12(14(16)18)13(15)7-11/h5-7,9-10H,8H2,1-4H3,(H2,16,18). The fourth-order valence-corrected chi connectivity index (χ4v) is 2.40. The zero-order valence-corrected chi connectivity index (χ0v) is 13.0. The van der Waals surface area contributed by atoms with Crippen LogP contribution in [0, 0.1) is 5.92 Å². The van der Waals surface area contributed by atoms with Gasteiger partial charge in [-0.15, -0.1) is 0 Å². The highest BCUT2D eigenvalue weighted by atomic mass is 35.5. The Hall–Kier alpha value is -0.800. The Balaban J connectivity index is 3.07. The fourth-order valence-electron chi connectivity index (χ4n) is 1.89. The van der Waals surface area contributed by atoms with Gasteiger partial charge in [0.05, 0.1) is 5.02 Å². The first kappa shape index (κ1) is 15.3. The van der Waals surface area contributed by atoms with Crippen LogP contribution in [0.5, 0.6) is 0 Å². The number of rotatable bonds is 5. The van der Waals surface area contributed by atoms with E-state index in [0.29, 0.717) is 22.0 Å². The van der Waals surface area contributed by atoms with Crippen LogP contribution in [0.15, 0.2) is 18.2 Å². The van der Waals surface area contributed by atoms with E-state index >= 15 is 0 Å². The molecule has 0 atom stereocenters. The van der Waals surface area contributed by atoms with E-state index in [1.54, 1.807) is 0 Å². The van der Waals surface area contributed by atoms with Gasteiger partial charge in [-0.05, 0) is 38.0 Å². The minimum absolute atomic E-state index is 0.339. The molecule has 100 valence electrons. The summed E-state index contributed by atoms with van der Waals surface area (Å²) < 4.78 is 0. The Bertz CT molecular complexity index is 430. The van der Waals surface area contributed by atoms with Crippen molar-refractivity contribution in [3.63, 3.8) is 0 Å². The van der Waals surface area contributed by atoms with Gasteiger partial charge >= 0.3 is 0 Å². The van der Waals surface area contributed by atoms with Gasteiger partial charge in [0.25, 0.3) is 0 Å². The molecule has 0 aliphatic carbocycles. The molecule has 0 radical (unpaired) electrons. The Kier molecular flexibility index (Phi) is 5.42. The summed E-state index contributed by atoms with van der Waals surface area (Å²) in [5.41, 5.74) is 7.47. The molecule has 0 saturated heterocycles. The average Bonchev–Trinajstić information content (AvgIpc) is 2.24. The van der Waals surface area contributed by atoms with E-state index in [1.807, 2.05) is 18.2 Å². The summed E-state index contributed by atoms with van der Waals surface area (Å²) in [5, 5.41) is 0.620. The summed E-state index contributed by atoms with van der Waals surface area (Å²) in [6.45, 7) is 9.77.